The molecule has 0 aromatic rings. The second-order valence-electron chi connectivity index (χ2n) is 5.67. The molecule has 1 atom stereocenters. The summed E-state index contributed by atoms with van der Waals surface area (Å²) >= 11 is 0. The van der Waals surface area contributed by atoms with Crippen molar-refractivity contribution in [3.63, 3.8) is 0 Å². The molecular formula is C12H24F3N. The molecule has 0 aliphatic heterocycles. The fraction of sp³-hybridized carbons (Fsp3) is 1.00. The number of alkyl halides is 3. The minimum absolute atomic E-state index is 0.0953. The van der Waals surface area contributed by atoms with Crippen molar-refractivity contribution in [2.24, 2.45) is 5.41 Å². The molecule has 98 valence electrons. The van der Waals surface area contributed by atoms with Crippen LogP contribution in [0.25, 0.3) is 0 Å². The highest BCUT2D eigenvalue weighted by molar-refractivity contribution is 4.75. The summed E-state index contributed by atoms with van der Waals surface area (Å²) in [4.78, 5) is 1.83. The summed E-state index contributed by atoms with van der Waals surface area (Å²) in [5.74, 6) is 0. The lowest BCUT2D eigenvalue weighted by Gasteiger charge is -2.32. The summed E-state index contributed by atoms with van der Waals surface area (Å²) in [7, 11) is 1.78. The Kier molecular flexibility index (Phi) is 5.80. The molecule has 0 rings (SSSR count). The number of hydrogen-bond donors (Lipinski definition) is 0. The van der Waals surface area contributed by atoms with Crippen molar-refractivity contribution >= 4 is 0 Å². The van der Waals surface area contributed by atoms with Gasteiger partial charge in [-0.15, -0.1) is 0 Å². The Morgan fingerprint density at radius 2 is 1.62 bits per heavy atom. The van der Waals surface area contributed by atoms with Gasteiger partial charge in [-0.2, -0.15) is 13.2 Å². The van der Waals surface area contributed by atoms with Gasteiger partial charge in [0.15, 0.2) is 0 Å². The normalized spacial score (nSPS) is 15.6. The summed E-state index contributed by atoms with van der Waals surface area (Å²) in [6.07, 6.45) is -2.94. The van der Waals surface area contributed by atoms with Gasteiger partial charge in [-0.1, -0.05) is 27.7 Å². The molecule has 1 nitrogen and oxygen atoms in total. The zero-order chi connectivity index (χ0) is 13.0. The summed E-state index contributed by atoms with van der Waals surface area (Å²) in [6, 6.07) is 0.238. The van der Waals surface area contributed by atoms with Crippen molar-refractivity contribution in [3.05, 3.63) is 0 Å². The SMILES string of the molecule is CC[C@@H](CC(C)(C)C)N(C)CCC(F)(F)F. The summed E-state index contributed by atoms with van der Waals surface area (Å²) < 4.78 is 36.3. The quantitative estimate of drug-likeness (QED) is 0.698. The topological polar surface area (TPSA) is 3.24 Å². The van der Waals surface area contributed by atoms with Gasteiger partial charge in [-0.3, -0.25) is 0 Å². The smallest absolute Gasteiger partial charge is 0.303 e. The Morgan fingerprint density at radius 1 is 1.12 bits per heavy atom. The molecule has 0 spiro atoms. The molecule has 16 heavy (non-hydrogen) atoms. The van der Waals surface area contributed by atoms with Gasteiger partial charge in [0.05, 0.1) is 6.42 Å². The van der Waals surface area contributed by atoms with Gasteiger partial charge in [0.2, 0.25) is 0 Å². The fourth-order valence-corrected chi connectivity index (χ4v) is 1.80. The average molecular weight is 239 g/mol. The first-order chi connectivity index (χ1) is 7.05. The maximum absolute atomic E-state index is 12.1. The Hall–Kier alpha value is -0.250. The van der Waals surface area contributed by atoms with Crippen LogP contribution in [-0.2, 0) is 0 Å². The molecule has 0 aromatic heterocycles. The van der Waals surface area contributed by atoms with Crippen LogP contribution in [0.3, 0.4) is 0 Å². The minimum Gasteiger partial charge on any atom is -0.303 e. The molecule has 0 bridgehead atoms. The average Bonchev–Trinajstić information content (AvgIpc) is 2.07. The van der Waals surface area contributed by atoms with Gasteiger partial charge in [-0.25, -0.2) is 0 Å². The van der Waals surface area contributed by atoms with Crippen molar-refractivity contribution in [1.29, 1.82) is 0 Å². The molecule has 0 saturated carbocycles. The van der Waals surface area contributed by atoms with Crippen LogP contribution in [0.1, 0.15) is 47.0 Å². The van der Waals surface area contributed by atoms with Crippen LogP contribution in [-0.4, -0.2) is 30.7 Å². The number of halogens is 3. The molecule has 0 radical (unpaired) electrons. The predicted molar refractivity (Wildman–Crippen MR) is 61.5 cm³/mol. The van der Waals surface area contributed by atoms with E-state index in [1.165, 1.54) is 0 Å². The van der Waals surface area contributed by atoms with E-state index in [1.807, 2.05) is 11.8 Å². The number of rotatable bonds is 5. The van der Waals surface area contributed by atoms with Gasteiger partial charge in [-0.05, 0) is 25.3 Å². The standard InChI is InChI=1S/C12H24F3N/c1-6-10(9-11(2,3)4)16(5)8-7-12(13,14)15/h10H,6-9H2,1-5H3/t10-/m0/s1. The highest BCUT2D eigenvalue weighted by Gasteiger charge is 2.29. The Balaban J connectivity index is 4.16. The van der Waals surface area contributed by atoms with Gasteiger partial charge in [0.1, 0.15) is 0 Å². The molecule has 0 saturated heterocycles. The van der Waals surface area contributed by atoms with Crippen LogP contribution in [0.4, 0.5) is 13.2 Å². The van der Waals surface area contributed by atoms with Crippen LogP contribution in [0.15, 0.2) is 0 Å². The van der Waals surface area contributed by atoms with E-state index in [0.717, 1.165) is 12.8 Å². The summed E-state index contributed by atoms with van der Waals surface area (Å²) in [5, 5.41) is 0. The number of hydrogen-bond acceptors (Lipinski definition) is 1. The molecule has 0 N–H and O–H groups in total. The molecule has 0 amide bonds. The molecule has 0 fully saturated rings. The molecular weight excluding hydrogens is 215 g/mol. The van der Waals surface area contributed by atoms with Crippen molar-refractivity contribution in [2.45, 2.75) is 59.2 Å². The second-order valence-corrected chi connectivity index (χ2v) is 5.67. The zero-order valence-electron chi connectivity index (χ0n) is 11.0. The van der Waals surface area contributed by atoms with Crippen LogP contribution < -0.4 is 0 Å². The third-order valence-electron chi connectivity index (χ3n) is 2.69. The van der Waals surface area contributed by atoms with Gasteiger partial charge < -0.3 is 4.90 Å². The first-order valence-corrected chi connectivity index (χ1v) is 5.82. The number of nitrogens with zero attached hydrogens (tertiary/aromatic N) is 1. The van der Waals surface area contributed by atoms with E-state index in [9.17, 15) is 13.2 Å². The van der Waals surface area contributed by atoms with E-state index in [-0.39, 0.29) is 18.0 Å². The summed E-state index contributed by atoms with van der Waals surface area (Å²) in [6.45, 7) is 8.48. The van der Waals surface area contributed by atoms with Crippen LogP contribution in [0.2, 0.25) is 0 Å². The molecule has 0 unspecified atom stereocenters. The lowest BCUT2D eigenvalue weighted by Crippen LogP contribution is -2.36. The third-order valence-corrected chi connectivity index (χ3v) is 2.69. The molecule has 0 aromatic carbocycles. The van der Waals surface area contributed by atoms with E-state index in [2.05, 4.69) is 20.8 Å². The first kappa shape index (κ1) is 15.8. The Labute approximate surface area is 97.0 Å². The van der Waals surface area contributed by atoms with Crippen molar-refractivity contribution in [1.82, 2.24) is 4.90 Å². The lowest BCUT2D eigenvalue weighted by molar-refractivity contribution is -0.138. The van der Waals surface area contributed by atoms with Gasteiger partial charge >= 0.3 is 6.18 Å². The molecule has 0 heterocycles. The maximum atomic E-state index is 12.1. The molecule has 0 aliphatic rings. The van der Waals surface area contributed by atoms with E-state index < -0.39 is 12.6 Å². The van der Waals surface area contributed by atoms with Crippen molar-refractivity contribution in [2.75, 3.05) is 13.6 Å². The Morgan fingerprint density at radius 3 is 1.94 bits per heavy atom. The highest BCUT2D eigenvalue weighted by atomic mass is 19.4. The Bertz CT molecular complexity index is 193. The third kappa shape index (κ3) is 7.97. The van der Waals surface area contributed by atoms with E-state index in [1.54, 1.807) is 7.05 Å². The summed E-state index contributed by atoms with van der Waals surface area (Å²) in [5.41, 5.74) is 0.160. The van der Waals surface area contributed by atoms with E-state index >= 15 is 0 Å². The van der Waals surface area contributed by atoms with Gasteiger partial charge in [0, 0.05) is 12.6 Å². The van der Waals surface area contributed by atoms with Gasteiger partial charge in [0.25, 0.3) is 0 Å². The van der Waals surface area contributed by atoms with Crippen molar-refractivity contribution in [3.8, 4) is 0 Å². The monoisotopic (exact) mass is 239 g/mol. The predicted octanol–water partition coefficient (Wildman–Crippen LogP) is 4.09. The van der Waals surface area contributed by atoms with Crippen LogP contribution >= 0.6 is 0 Å². The lowest BCUT2D eigenvalue weighted by atomic mass is 9.86. The molecule has 4 heteroatoms. The van der Waals surface area contributed by atoms with E-state index in [4.69, 9.17) is 0 Å². The second kappa shape index (κ2) is 5.89. The first-order valence-electron chi connectivity index (χ1n) is 5.82. The fourth-order valence-electron chi connectivity index (χ4n) is 1.80. The maximum Gasteiger partial charge on any atom is 0.390 e. The van der Waals surface area contributed by atoms with E-state index in [0.29, 0.717) is 0 Å². The zero-order valence-corrected chi connectivity index (χ0v) is 11.0. The largest absolute Gasteiger partial charge is 0.390 e. The highest BCUT2D eigenvalue weighted by Crippen LogP contribution is 2.26. The molecule has 0 aliphatic carbocycles. The van der Waals surface area contributed by atoms with Crippen molar-refractivity contribution < 1.29 is 13.2 Å². The minimum atomic E-state index is -4.05. The van der Waals surface area contributed by atoms with Crippen LogP contribution in [0.5, 0.6) is 0 Å². The van der Waals surface area contributed by atoms with Crippen LogP contribution in [0, 0.1) is 5.41 Å².